The van der Waals surface area contributed by atoms with E-state index in [1.165, 1.54) is 0 Å². The van der Waals surface area contributed by atoms with Crippen LogP contribution in [0, 0.1) is 11.3 Å². The maximum Gasteiger partial charge on any atom is 0.238 e. The number of hydrogen-bond donors (Lipinski definition) is 1. The van der Waals surface area contributed by atoms with E-state index in [2.05, 4.69) is 29.6 Å². The Kier molecular flexibility index (Phi) is 5.46. The number of anilines is 1. The van der Waals surface area contributed by atoms with Crippen molar-refractivity contribution in [2.24, 2.45) is 0 Å². The van der Waals surface area contributed by atoms with Crippen molar-refractivity contribution in [3.05, 3.63) is 84.9 Å². The molecule has 0 fully saturated rings. The Balaban J connectivity index is 1.77. The predicted molar refractivity (Wildman–Crippen MR) is 117 cm³/mol. The van der Waals surface area contributed by atoms with Crippen molar-refractivity contribution in [2.45, 2.75) is 6.42 Å². The summed E-state index contributed by atoms with van der Waals surface area (Å²) in [7, 11) is 0. The average molecular weight is 395 g/mol. The van der Waals surface area contributed by atoms with Gasteiger partial charge in [-0.15, -0.1) is 11.3 Å². The molecule has 4 aromatic rings. The molecule has 0 spiro atoms. The minimum absolute atomic E-state index is 0.169. The van der Waals surface area contributed by atoms with Crippen LogP contribution in [0.3, 0.4) is 0 Å². The number of carbonyl (C=O) groups is 1. The number of amides is 1. The number of rotatable bonds is 5. The van der Waals surface area contributed by atoms with Crippen molar-refractivity contribution < 1.29 is 4.79 Å². The Morgan fingerprint density at radius 1 is 0.897 bits per heavy atom. The van der Waals surface area contributed by atoms with Gasteiger partial charge in [-0.25, -0.2) is 4.98 Å². The zero-order valence-electron chi connectivity index (χ0n) is 15.5. The fourth-order valence-corrected chi connectivity index (χ4v) is 4.12. The molecule has 1 amide bonds. The van der Waals surface area contributed by atoms with Gasteiger partial charge < -0.3 is 5.32 Å². The highest BCUT2D eigenvalue weighted by Crippen LogP contribution is 2.40. The molecule has 3 aromatic carbocycles. The number of carbonyl (C=O) groups excluding carboxylic acids is 1. The van der Waals surface area contributed by atoms with E-state index < -0.39 is 0 Å². The summed E-state index contributed by atoms with van der Waals surface area (Å²) < 4.78 is 0. The molecule has 4 nitrogen and oxygen atoms in total. The fraction of sp³-hybridized carbons (Fsp3) is 0.0417. The first-order chi connectivity index (χ1) is 14.2. The zero-order chi connectivity index (χ0) is 20.1. The van der Waals surface area contributed by atoms with E-state index in [9.17, 15) is 4.79 Å². The molecule has 1 heterocycles. The number of aromatic nitrogens is 1. The molecule has 0 atom stereocenters. The maximum absolute atomic E-state index is 11.7. The van der Waals surface area contributed by atoms with Gasteiger partial charge >= 0.3 is 0 Å². The van der Waals surface area contributed by atoms with Crippen molar-refractivity contribution in [1.29, 1.82) is 5.26 Å². The molecule has 0 bridgehead atoms. The van der Waals surface area contributed by atoms with E-state index in [4.69, 9.17) is 10.2 Å². The largest absolute Gasteiger partial charge is 0.325 e. The Morgan fingerprint density at radius 2 is 1.55 bits per heavy atom. The molecule has 0 saturated carbocycles. The fourth-order valence-electron chi connectivity index (χ4n) is 3.03. The first kappa shape index (κ1) is 18.6. The first-order valence-corrected chi connectivity index (χ1v) is 9.95. The van der Waals surface area contributed by atoms with Gasteiger partial charge in [-0.2, -0.15) is 5.26 Å². The summed E-state index contributed by atoms with van der Waals surface area (Å²) in [6.45, 7) is 0. The van der Waals surface area contributed by atoms with E-state index in [0.717, 1.165) is 32.3 Å². The summed E-state index contributed by atoms with van der Waals surface area (Å²) >= 11 is 1.62. The molecular formula is C24H17N3OS. The van der Waals surface area contributed by atoms with Crippen LogP contribution in [0.25, 0.3) is 32.3 Å². The van der Waals surface area contributed by atoms with Crippen LogP contribution >= 0.6 is 11.3 Å². The van der Waals surface area contributed by atoms with Gasteiger partial charge in [0, 0.05) is 16.8 Å². The Morgan fingerprint density at radius 3 is 2.24 bits per heavy atom. The lowest BCUT2D eigenvalue weighted by Crippen LogP contribution is -2.09. The van der Waals surface area contributed by atoms with Crippen molar-refractivity contribution >= 4 is 22.9 Å². The standard InChI is InChI=1S/C24H17N3OS/c25-15-14-21(28)26-20-13-7-12-19(16-20)24-27-22(17-8-3-1-4-9-17)23(29-24)18-10-5-2-6-11-18/h1-13,16H,14H2,(H,26,28). The quantitative estimate of drug-likeness (QED) is 0.451. The topological polar surface area (TPSA) is 65.8 Å². The second-order valence-electron chi connectivity index (χ2n) is 6.39. The predicted octanol–water partition coefficient (Wildman–Crippen LogP) is 6.00. The lowest BCUT2D eigenvalue weighted by molar-refractivity contribution is -0.115. The van der Waals surface area contributed by atoms with Crippen molar-refractivity contribution in [3.8, 4) is 38.3 Å². The van der Waals surface area contributed by atoms with E-state index in [-0.39, 0.29) is 12.3 Å². The summed E-state index contributed by atoms with van der Waals surface area (Å²) in [5, 5.41) is 12.3. The van der Waals surface area contributed by atoms with Gasteiger partial charge in [-0.05, 0) is 17.7 Å². The number of nitrogens with one attached hydrogen (secondary N) is 1. The minimum Gasteiger partial charge on any atom is -0.325 e. The maximum atomic E-state index is 11.7. The minimum atomic E-state index is -0.321. The molecule has 0 unspecified atom stereocenters. The molecule has 29 heavy (non-hydrogen) atoms. The Bertz CT molecular complexity index is 1120. The lowest BCUT2D eigenvalue weighted by Gasteiger charge is -2.04. The molecule has 0 saturated heterocycles. The smallest absolute Gasteiger partial charge is 0.238 e. The monoisotopic (exact) mass is 395 g/mol. The summed E-state index contributed by atoms with van der Waals surface area (Å²) in [4.78, 5) is 17.8. The number of hydrogen-bond acceptors (Lipinski definition) is 4. The average Bonchev–Trinajstić information content (AvgIpc) is 3.21. The first-order valence-electron chi connectivity index (χ1n) is 9.13. The van der Waals surface area contributed by atoms with Crippen LogP contribution in [0.5, 0.6) is 0 Å². The Hall–Kier alpha value is -3.75. The van der Waals surface area contributed by atoms with Crippen LogP contribution < -0.4 is 5.32 Å². The van der Waals surface area contributed by atoms with Gasteiger partial charge in [0.1, 0.15) is 11.4 Å². The molecule has 4 rings (SSSR count). The van der Waals surface area contributed by atoms with Crippen molar-refractivity contribution in [3.63, 3.8) is 0 Å². The molecular weight excluding hydrogens is 378 g/mol. The second kappa shape index (κ2) is 8.51. The van der Waals surface area contributed by atoms with Crippen LogP contribution in [-0.2, 0) is 4.79 Å². The van der Waals surface area contributed by atoms with Crippen LogP contribution in [0.2, 0.25) is 0 Å². The summed E-state index contributed by atoms with van der Waals surface area (Å²) in [5.41, 5.74) is 4.70. The normalized spacial score (nSPS) is 10.3. The van der Waals surface area contributed by atoms with Gasteiger partial charge in [0.15, 0.2) is 0 Å². The highest BCUT2D eigenvalue weighted by atomic mass is 32.1. The molecule has 5 heteroatoms. The van der Waals surface area contributed by atoms with E-state index in [1.54, 1.807) is 11.3 Å². The summed E-state index contributed by atoms with van der Waals surface area (Å²) in [6.07, 6.45) is -0.169. The molecule has 0 aliphatic carbocycles. The number of benzene rings is 3. The second-order valence-corrected chi connectivity index (χ2v) is 7.39. The van der Waals surface area contributed by atoms with E-state index in [0.29, 0.717) is 5.69 Å². The van der Waals surface area contributed by atoms with E-state index in [1.807, 2.05) is 66.7 Å². The highest BCUT2D eigenvalue weighted by molar-refractivity contribution is 7.19. The third-order valence-corrected chi connectivity index (χ3v) is 5.50. The third-order valence-electron chi connectivity index (χ3n) is 4.34. The molecule has 1 N–H and O–H groups in total. The summed E-state index contributed by atoms with van der Waals surface area (Å²) in [5.74, 6) is -0.321. The van der Waals surface area contributed by atoms with Gasteiger partial charge in [0.05, 0.1) is 16.6 Å². The lowest BCUT2D eigenvalue weighted by atomic mass is 10.1. The van der Waals surface area contributed by atoms with Crippen molar-refractivity contribution in [1.82, 2.24) is 4.98 Å². The van der Waals surface area contributed by atoms with Crippen LogP contribution in [0.4, 0.5) is 5.69 Å². The van der Waals surface area contributed by atoms with Gasteiger partial charge in [-0.1, -0.05) is 72.8 Å². The third kappa shape index (κ3) is 4.23. The zero-order valence-corrected chi connectivity index (χ0v) is 16.3. The molecule has 1 aromatic heterocycles. The van der Waals surface area contributed by atoms with Crippen LogP contribution in [-0.4, -0.2) is 10.9 Å². The Labute approximate surface area is 173 Å². The van der Waals surface area contributed by atoms with E-state index >= 15 is 0 Å². The SMILES string of the molecule is N#CCC(=O)Nc1cccc(-c2nc(-c3ccccc3)c(-c3ccccc3)s2)c1. The van der Waals surface area contributed by atoms with Crippen molar-refractivity contribution in [2.75, 3.05) is 5.32 Å². The number of thiazole rings is 1. The van der Waals surface area contributed by atoms with Crippen LogP contribution in [0.1, 0.15) is 6.42 Å². The van der Waals surface area contributed by atoms with Gasteiger partial charge in [-0.3, -0.25) is 4.79 Å². The summed E-state index contributed by atoms with van der Waals surface area (Å²) in [6, 6.07) is 29.8. The molecule has 0 radical (unpaired) electrons. The highest BCUT2D eigenvalue weighted by Gasteiger charge is 2.16. The van der Waals surface area contributed by atoms with Gasteiger partial charge in [0.2, 0.25) is 5.91 Å². The van der Waals surface area contributed by atoms with Gasteiger partial charge in [0.25, 0.3) is 0 Å². The number of nitriles is 1. The molecule has 0 aliphatic rings. The van der Waals surface area contributed by atoms with Crippen LogP contribution in [0.15, 0.2) is 84.9 Å². The molecule has 0 aliphatic heterocycles. The molecule has 140 valence electrons. The number of nitrogens with zero attached hydrogens (tertiary/aromatic N) is 2.